The molecule has 0 saturated carbocycles. The van der Waals surface area contributed by atoms with Gasteiger partial charge in [-0.25, -0.2) is 0 Å². The summed E-state index contributed by atoms with van der Waals surface area (Å²) in [4.78, 5) is 2.38. The highest BCUT2D eigenvalue weighted by atomic mass is 16.2. The minimum Gasteiger partial charge on any atom is -0.400 e. The molecule has 0 amide bonds. The third-order valence-electron chi connectivity index (χ3n) is 1.75. The molecule has 2 nitrogen and oxygen atoms in total. The van der Waals surface area contributed by atoms with Crippen LogP contribution in [0.4, 0.5) is 0 Å². The van der Waals surface area contributed by atoms with Crippen LogP contribution in [0.25, 0.3) is 0 Å². The number of rotatable bonds is 4. The minimum absolute atomic E-state index is 0.705. The maximum Gasteiger partial charge on any atom is 0.0319 e. The van der Waals surface area contributed by atoms with Gasteiger partial charge in [-0.05, 0) is 33.9 Å². The summed E-state index contributed by atoms with van der Waals surface area (Å²) in [5.41, 5.74) is 0. The molecular formula is C9H23NO. The van der Waals surface area contributed by atoms with Crippen LogP contribution >= 0.6 is 0 Å². The Bertz CT molecular complexity index is 64.6. The maximum atomic E-state index is 7.00. The number of hydrogen-bond donors (Lipinski definition) is 1. The minimum atomic E-state index is 0.705. The van der Waals surface area contributed by atoms with Crippen LogP contribution in [-0.2, 0) is 0 Å². The van der Waals surface area contributed by atoms with E-state index in [0.717, 1.165) is 7.11 Å². The molecule has 0 aromatic carbocycles. The standard InChI is InChI=1S/C8H19N.CH4O/c1-5-6-7-9(4)8(2)3;1-2/h8H,5-7H2,1-4H3;2H,1H3. The van der Waals surface area contributed by atoms with E-state index in [1.54, 1.807) is 0 Å². The Morgan fingerprint density at radius 1 is 1.27 bits per heavy atom. The molecule has 0 rings (SSSR count). The van der Waals surface area contributed by atoms with E-state index in [4.69, 9.17) is 5.11 Å². The normalized spacial score (nSPS) is 9.82. The van der Waals surface area contributed by atoms with Gasteiger partial charge in [0.25, 0.3) is 0 Å². The van der Waals surface area contributed by atoms with Crippen molar-refractivity contribution in [3.63, 3.8) is 0 Å². The van der Waals surface area contributed by atoms with Crippen LogP contribution in [-0.4, -0.2) is 36.8 Å². The number of nitrogens with zero attached hydrogens (tertiary/aromatic N) is 1. The number of unbranched alkanes of at least 4 members (excludes halogenated alkanes) is 1. The molecule has 0 spiro atoms. The Morgan fingerprint density at radius 2 is 1.73 bits per heavy atom. The van der Waals surface area contributed by atoms with Crippen molar-refractivity contribution in [1.29, 1.82) is 0 Å². The molecule has 0 aliphatic carbocycles. The second-order valence-electron chi connectivity index (χ2n) is 2.93. The summed E-state index contributed by atoms with van der Waals surface area (Å²) in [6, 6.07) is 0.705. The van der Waals surface area contributed by atoms with Crippen LogP contribution in [0.5, 0.6) is 0 Å². The molecule has 1 N–H and O–H groups in total. The molecule has 0 aliphatic heterocycles. The average molecular weight is 161 g/mol. The second-order valence-corrected chi connectivity index (χ2v) is 2.93. The van der Waals surface area contributed by atoms with Gasteiger partial charge in [0.2, 0.25) is 0 Å². The van der Waals surface area contributed by atoms with Crippen molar-refractivity contribution in [2.45, 2.75) is 39.7 Å². The van der Waals surface area contributed by atoms with E-state index in [-0.39, 0.29) is 0 Å². The van der Waals surface area contributed by atoms with Crippen LogP contribution in [0.1, 0.15) is 33.6 Å². The van der Waals surface area contributed by atoms with Gasteiger partial charge in [-0.1, -0.05) is 13.3 Å². The molecule has 0 saturated heterocycles. The van der Waals surface area contributed by atoms with E-state index in [1.807, 2.05) is 0 Å². The topological polar surface area (TPSA) is 23.5 Å². The van der Waals surface area contributed by atoms with Crippen LogP contribution in [0.2, 0.25) is 0 Å². The van der Waals surface area contributed by atoms with Gasteiger partial charge in [0.15, 0.2) is 0 Å². The third-order valence-corrected chi connectivity index (χ3v) is 1.75. The Balaban J connectivity index is 0. The molecule has 0 aromatic rings. The van der Waals surface area contributed by atoms with Crippen molar-refractivity contribution in [3.8, 4) is 0 Å². The molecule has 0 unspecified atom stereocenters. The second kappa shape index (κ2) is 9.92. The number of aliphatic hydroxyl groups excluding tert-OH is 1. The Labute approximate surface area is 71.2 Å². The highest BCUT2D eigenvalue weighted by molar-refractivity contribution is 4.55. The lowest BCUT2D eigenvalue weighted by Gasteiger charge is -2.19. The Kier molecular flexibility index (Phi) is 12.2. The van der Waals surface area contributed by atoms with E-state index in [2.05, 4.69) is 32.7 Å². The molecule has 0 heterocycles. The summed E-state index contributed by atoms with van der Waals surface area (Å²) in [7, 11) is 3.18. The predicted molar refractivity (Wildman–Crippen MR) is 50.8 cm³/mol. The lowest BCUT2D eigenvalue weighted by Crippen LogP contribution is -2.26. The van der Waals surface area contributed by atoms with Crippen LogP contribution in [0.15, 0.2) is 0 Å². The average Bonchev–Trinajstić information content (AvgIpc) is 2.03. The highest BCUT2D eigenvalue weighted by Crippen LogP contribution is 1.96. The Morgan fingerprint density at radius 3 is 2.00 bits per heavy atom. The summed E-state index contributed by atoms with van der Waals surface area (Å²) in [5, 5.41) is 7.00. The molecule has 0 atom stereocenters. The van der Waals surface area contributed by atoms with Crippen LogP contribution < -0.4 is 0 Å². The summed E-state index contributed by atoms with van der Waals surface area (Å²) >= 11 is 0. The van der Waals surface area contributed by atoms with Gasteiger partial charge in [0, 0.05) is 13.2 Å². The Hall–Kier alpha value is -0.0800. The quantitative estimate of drug-likeness (QED) is 0.679. The third kappa shape index (κ3) is 9.92. The van der Waals surface area contributed by atoms with Gasteiger partial charge in [-0.3, -0.25) is 0 Å². The largest absolute Gasteiger partial charge is 0.400 e. The molecule has 0 radical (unpaired) electrons. The van der Waals surface area contributed by atoms with Gasteiger partial charge in [-0.15, -0.1) is 0 Å². The van der Waals surface area contributed by atoms with Gasteiger partial charge in [-0.2, -0.15) is 0 Å². The fourth-order valence-electron chi connectivity index (χ4n) is 0.666. The van der Waals surface area contributed by atoms with E-state index in [9.17, 15) is 0 Å². The first-order valence-electron chi connectivity index (χ1n) is 4.33. The fraction of sp³-hybridized carbons (Fsp3) is 1.00. The molecule has 0 fully saturated rings. The molecule has 0 aromatic heterocycles. The molecule has 0 aliphatic rings. The van der Waals surface area contributed by atoms with Gasteiger partial charge in [0.1, 0.15) is 0 Å². The van der Waals surface area contributed by atoms with Gasteiger partial charge >= 0.3 is 0 Å². The zero-order valence-electron chi connectivity index (χ0n) is 8.59. The monoisotopic (exact) mass is 161 g/mol. The van der Waals surface area contributed by atoms with Gasteiger partial charge < -0.3 is 10.0 Å². The van der Waals surface area contributed by atoms with Crippen molar-refractivity contribution in [2.24, 2.45) is 0 Å². The lowest BCUT2D eigenvalue weighted by molar-refractivity contribution is 0.270. The summed E-state index contributed by atoms with van der Waals surface area (Å²) in [6.07, 6.45) is 2.63. The zero-order valence-corrected chi connectivity index (χ0v) is 8.59. The molecule has 2 heteroatoms. The lowest BCUT2D eigenvalue weighted by atomic mass is 10.3. The summed E-state index contributed by atoms with van der Waals surface area (Å²) in [6.45, 7) is 7.94. The first-order chi connectivity index (χ1) is 5.18. The first-order valence-corrected chi connectivity index (χ1v) is 4.33. The molecule has 0 bridgehead atoms. The van der Waals surface area contributed by atoms with E-state index >= 15 is 0 Å². The maximum absolute atomic E-state index is 7.00. The van der Waals surface area contributed by atoms with Gasteiger partial charge in [0.05, 0.1) is 0 Å². The SMILES string of the molecule is CCCCN(C)C(C)C.CO. The van der Waals surface area contributed by atoms with Crippen LogP contribution in [0.3, 0.4) is 0 Å². The van der Waals surface area contributed by atoms with Crippen molar-refractivity contribution >= 4 is 0 Å². The smallest absolute Gasteiger partial charge is 0.0319 e. The summed E-state index contributed by atoms with van der Waals surface area (Å²) < 4.78 is 0. The van der Waals surface area contributed by atoms with E-state index in [1.165, 1.54) is 19.4 Å². The van der Waals surface area contributed by atoms with Crippen molar-refractivity contribution in [1.82, 2.24) is 4.90 Å². The van der Waals surface area contributed by atoms with E-state index < -0.39 is 0 Å². The van der Waals surface area contributed by atoms with Crippen molar-refractivity contribution < 1.29 is 5.11 Å². The fourth-order valence-corrected chi connectivity index (χ4v) is 0.666. The highest BCUT2D eigenvalue weighted by Gasteiger charge is 1.99. The van der Waals surface area contributed by atoms with Crippen molar-refractivity contribution in [2.75, 3.05) is 20.7 Å². The first kappa shape index (κ1) is 13.5. The molecule has 11 heavy (non-hydrogen) atoms. The molecule has 70 valence electrons. The van der Waals surface area contributed by atoms with Crippen molar-refractivity contribution in [3.05, 3.63) is 0 Å². The predicted octanol–water partition coefficient (Wildman–Crippen LogP) is 1.74. The van der Waals surface area contributed by atoms with Crippen LogP contribution in [0, 0.1) is 0 Å². The molecular weight excluding hydrogens is 138 g/mol. The summed E-state index contributed by atoms with van der Waals surface area (Å²) in [5.74, 6) is 0. The zero-order chi connectivity index (χ0) is 9.28. The van der Waals surface area contributed by atoms with E-state index in [0.29, 0.717) is 6.04 Å². The number of aliphatic hydroxyl groups is 1. The number of hydrogen-bond acceptors (Lipinski definition) is 2.